The number of rotatable bonds is 3. The maximum atomic E-state index is 10.9. The average Bonchev–Trinajstić information content (AvgIpc) is 2.17. The summed E-state index contributed by atoms with van der Waals surface area (Å²) in [5, 5.41) is 8.82. The summed E-state index contributed by atoms with van der Waals surface area (Å²) in [6, 6.07) is 7.91. The molecule has 1 unspecified atom stereocenters. The fraction of sp³-hybridized carbons (Fsp3) is 0.273. The number of carbonyl (C=O) groups excluding carboxylic acids is 1. The average molecular weight is 222 g/mol. The zero-order valence-electron chi connectivity index (χ0n) is 8.96. The van der Waals surface area contributed by atoms with Gasteiger partial charge >= 0.3 is 12.1 Å². The van der Waals surface area contributed by atoms with E-state index in [1.54, 1.807) is 6.92 Å². The Hall–Kier alpha value is -2.04. The normalized spacial score (nSPS) is 11.8. The van der Waals surface area contributed by atoms with E-state index in [1.807, 2.05) is 30.3 Å². The second-order valence-corrected chi connectivity index (χ2v) is 3.53. The second-order valence-electron chi connectivity index (χ2n) is 3.53. The Labute approximate surface area is 93.5 Å². The summed E-state index contributed by atoms with van der Waals surface area (Å²) in [7, 11) is 0. The van der Waals surface area contributed by atoms with Gasteiger partial charge in [-0.2, -0.15) is 0 Å². The minimum Gasteiger partial charge on any atom is -0.465 e. The lowest BCUT2D eigenvalue weighted by Crippen LogP contribution is -2.46. The predicted molar refractivity (Wildman–Crippen MR) is 59.1 cm³/mol. The van der Waals surface area contributed by atoms with Crippen molar-refractivity contribution in [3.63, 3.8) is 0 Å². The number of primary amides is 1. The van der Waals surface area contributed by atoms with Crippen LogP contribution in [-0.2, 0) is 6.42 Å². The third-order valence-corrected chi connectivity index (χ3v) is 2.26. The van der Waals surface area contributed by atoms with Crippen molar-refractivity contribution in [1.82, 2.24) is 4.90 Å². The molecule has 86 valence electrons. The first-order valence-electron chi connectivity index (χ1n) is 4.88. The number of carboxylic acid groups (broad SMARTS) is 1. The molecule has 16 heavy (non-hydrogen) atoms. The van der Waals surface area contributed by atoms with Crippen LogP contribution in [0.1, 0.15) is 12.5 Å². The van der Waals surface area contributed by atoms with Crippen LogP contribution < -0.4 is 5.73 Å². The van der Waals surface area contributed by atoms with E-state index in [2.05, 4.69) is 0 Å². The molecule has 0 saturated carbocycles. The molecule has 5 nitrogen and oxygen atoms in total. The number of urea groups is 1. The summed E-state index contributed by atoms with van der Waals surface area (Å²) in [5.74, 6) is 0. The summed E-state index contributed by atoms with van der Waals surface area (Å²) in [4.78, 5) is 22.4. The fourth-order valence-corrected chi connectivity index (χ4v) is 1.55. The second kappa shape index (κ2) is 5.16. The fourth-order valence-electron chi connectivity index (χ4n) is 1.55. The first-order valence-corrected chi connectivity index (χ1v) is 4.88. The van der Waals surface area contributed by atoms with Gasteiger partial charge in [0.25, 0.3) is 0 Å². The summed E-state index contributed by atoms with van der Waals surface area (Å²) >= 11 is 0. The third-order valence-electron chi connectivity index (χ3n) is 2.26. The Morgan fingerprint density at radius 3 is 2.38 bits per heavy atom. The monoisotopic (exact) mass is 222 g/mol. The van der Waals surface area contributed by atoms with Crippen molar-refractivity contribution in [3.8, 4) is 0 Å². The molecule has 3 N–H and O–H groups in total. The standard InChI is InChI=1S/C11H14N2O3/c1-8(13(10(12)14)11(15)16)7-9-5-3-2-4-6-9/h2-6,8H,7H2,1H3,(H2,12,14)(H,15,16). The van der Waals surface area contributed by atoms with Crippen molar-refractivity contribution in [2.75, 3.05) is 0 Å². The molecule has 0 aromatic heterocycles. The molecule has 0 radical (unpaired) electrons. The topological polar surface area (TPSA) is 83.6 Å². The highest BCUT2D eigenvalue weighted by Crippen LogP contribution is 2.08. The number of nitrogens with two attached hydrogens (primary N) is 1. The number of nitrogens with zero attached hydrogens (tertiary/aromatic N) is 1. The van der Waals surface area contributed by atoms with E-state index < -0.39 is 18.2 Å². The number of amides is 3. The van der Waals surface area contributed by atoms with Crippen LogP contribution in [0, 0.1) is 0 Å². The van der Waals surface area contributed by atoms with Crippen molar-refractivity contribution >= 4 is 12.1 Å². The summed E-state index contributed by atoms with van der Waals surface area (Å²) < 4.78 is 0. The van der Waals surface area contributed by atoms with Crippen LogP contribution in [-0.4, -0.2) is 28.2 Å². The van der Waals surface area contributed by atoms with Crippen molar-refractivity contribution in [1.29, 1.82) is 0 Å². The minimum atomic E-state index is -1.32. The van der Waals surface area contributed by atoms with Crippen LogP contribution in [0.3, 0.4) is 0 Å². The first-order chi connectivity index (χ1) is 7.52. The Bertz CT molecular complexity index is 364. The molecular weight excluding hydrogens is 208 g/mol. The van der Waals surface area contributed by atoms with Crippen LogP contribution in [0.2, 0.25) is 0 Å². The molecule has 3 amide bonds. The molecule has 0 aliphatic heterocycles. The van der Waals surface area contributed by atoms with Crippen molar-refractivity contribution in [3.05, 3.63) is 35.9 Å². The minimum absolute atomic E-state index is 0.454. The van der Waals surface area contributed by atoms with Gasteiger partial charge in [-0.05, 0) is 18.9 Å². The smallest absolute Gasteiger partial charge is 0.415 e. The van der Waals surface area contributed by atoms with Crippen LogP contribution >= 0.6 is 0 Å². The number of carbonyl (C=O) groups is 2. The van der Waals surface area contributed by atoms with Crippen molar-refractivity contribution in [2.24, 2.45) is 5.73 Å². The van der Waals surface area contributed by atoms with Crippen LogP contribution in [0.4, 0.5) is 9.59 Å². The molecule has 5 heteroatoms. The molecule has 0 fully saturated rings. The number of benzene rings is 1. The molecule has 1 atom stereocenters. The SMILES string of the molecule is CC(Cc1ccccc1)N(C(N)=O)C(=O)O. The maximum absolute atomic E-state index is 10.9. The number of hydrogen-bond acceptors (Lipinski definition) is 2. The van der Waals surface area contributed by atoms with E-state index in [4.69, 9.17) is 10.8 Å². The van der Waals surface area contributed by atoms with Gasteiger partial charge in [-0.3, -0.25) is 0 Å². The van der Waals surface area contributed by atoms with Gasteiger partial charge < -0.3 is 10.8 Å². The van der Waals surface area contributed by atoms with Gasteiger partial charge in [-0.1, -0.05) is 30.3 Å². The van der Waals surface area contributed by atoms with E-state index in [0.29, 0.717) is 11.3 Å². The zero-order chi connectivity index (χ0) is 12.1. The lowest BCUT2D eigenvalue weighted by molar-refractivity contribution is 0.138. The number of hydrogen-bond donors (Lipinski definition) is 2. The molecule has 0 spiro atoms. The number of imide groups is 1. The molecule has 0 aliphatic carbocycles. The van der Waals surface area contributed by atoms with Gasteiger partial charge in [0.1, 0.15) is 0 Å². The highest BCUT2D eigenvalue weighted by atomic mass is 16.4. The van der Waals surface area contributed by atoms with E-state index in [-0.39, 0.29) is 0 Å². The van der Waals surface area contributed by atoms with Crippen molar-refractivity contribution < 1.29 is 14.7 Å². The van der Waals surface area contributed by atoms with E-state index in [9.17, 15) is 9.59 Å². The van der Waals surface area contributed by atoms with Crippen LogP contribution in [0.15, 0.2) is 30.3 Å². The van der Waals surface area contributed by atoms with E-state index >= 15 is 0 Å². The Morgan fingerprint density at radius 1 is 1.38 bits per heavy atom. The first kappa shape index (κ1) is 12.0. The van der Waals surface area contributed by atoms with Gasteiger partial charge in [0, 0.05) is 6.04 Å². The maximum Gasteiger partial charge on any atom is 0.415 e. The van der Waals surface area contributed by atoms with Gasteiger partial charge in [0.2, 0.25) is 0 Å². The van der Waals surface area contributed by atoms with E-state index in [1.165, 1.54) is 0 Å². The van der Waals surface area contributed by atoms with Gasteiger partial charge in [0.15, 0.2) is 0 Å². The quantitative estimate of drug-likeness (QED) is 0.816. The largest absolute Gasteiger partial charge is 0.465 e. The Kier molecular flexibility index (Phi) is 3.88. The van der Waals surface area contributed by atoms with Crippen LogP contribution in [0.5, 0.6) is 0 Å². The lowest BCUT2D eigenvalue weighted by Gasteiger charge is -2.22. The summed E-state index contributed by atoms with van der Waals surface area (Å²) in [6.07, 6.45) is -0.869. The Morgan fingerprint density at radius 2 is 1.94 bits per heavy atom. The molecular formula is C11H14N2O3. The third kappa shape index (κ3) is 2.98. The van der Waals surface area contributed by atoms with Gasteiger partial charge in [-0.15, -0.1) is 0 Å². The summed E-state index contributed by atoms with van der Waals surface area (Å²) in [5.41, 5.74) is 5.96. The predicted octanol–water partition coefficient (Wildman–Crippen LogP) is 1.68. The Balaban J connectivity index is 2.74. The molecule has 0 heterocycles. The van der Waals surface area contributed by atoms with Gasteiger partial charge in [0.05, 0.1) is 0 Å². The molecule has 0 bridgehead atoms. The van der Waals surface area contributed by atoms with Crippen LogP contribution in [0.25, 0.3) is 0 Å². The van der Waals surface area contributed by atoms with E-state index in [0.717, 1.165) is 5.56 Å². The summed E-state index contributed by atoms with van der Waals surface area (Å²) in [6.45, 7) is 1.64. The van der Waals surface area contributed by atoms with Crippen molar-refractivity contribution in [2.45, 2.75) is 19.4 Å². The molecule has 0 aliphatic rings. The zero-order valence-corrected chi connectivity index (χ0v) is 8.96. The highest BCUT2D eigenvalue weighted by Gasteiger charge is 2.24. The lowest BCUT2D eigenvalue weighted by atomic mass is 10.1. The van der Waals surface area contributed by atoms with Gasteiger partial charge in [-0.25, -0.2) is 14.5 Å². The highest BCUT2D eigenvalue weighted by molar-refractivity contribution is 5.89. The molecule has 1 aromatic carbocycles. The molecule has 1 rings (SSSR count). The molecule has 0 saturated heterocycles. The molecule has 1 aromatic rings.